The zero-order chi connectivity index (χ0) is 17.6. The minimum Gasteiger partial charge on any atom is -0.486 e. The average Bonchev–Trinajstić information content (AvgIpc) is 3.38. The number of nitrogens with zero attached hydrogens (tertiary/aromatic N) is 1. The molecule has 132 valence electrons. The van der Waals surface area contributed by atoms with Crippen LogP contribution in [0.25, 0.3) is 0 Å². The van der Waals surface area contributed by atoms with Gasteiger partial charge in [-0.2, -0.15) is 0 Å². The second kappa shape index (κ2) is 6.30. The molecule has 1 aliphatic carbocycles. The molecule has 0 unspecified atom stereocenters. The van der Waals surface area contributed by atoms with Crippen LogP contribution in [0, 0.1) is 13.8 Å². The lowest BCUT2D eigenvalue weighted by molar-refractivity contribution is 0.0950. The van der Waals surface area contributed by atoms with Gasteiger partial charge in [0.2, 0.25) is 0 Å². The van der Waals surface area contributed by atoms with Gasteiger partial charge in [0, 0.05) is 24.0 Å². The predicted octanol–water partition coefficient (Wildman–Crippen LogP) is 3.79. The summed E-state index contributed by atoms with van der Waals surface area (Å²) >= 11 is 6.25. The summed E-state index contributed by atoms with van der Waals surface area (Å²) in [5.74, 6) is 1.15. The van der Waals surface area contributed by atoms with E-state index in [1.54, 1.807) is 0 Å². The first-order valence-electron chi connectivity index (χ1n) is 8.59. The fourth-order valence-corrected chi connectivity index (χ4v) is 3.73. The highest BCUT2D eigenvalue weighted by atomic mass is 35.5. The number of aryl methyl sites for hydroxylation is 1. The summed E-state index contributed by atoms with van der Waals surface area (Å²) in [4.78, 5) is 12.6. The molecule has 4 rings (SSSR count). The van der Waals surface area contributed by atoms with E-state index in [1.807, 2.05) is 25.1 Å². The van der Waals surface area contributed by atoms with Crippen molar-refractivity contribution in [2.45, 2.75) is 39.3 Å². The van der Waals surface area contributed by atoms with Crippen molar-refractivity contribution < 1.29 is 14.3 Å². The molecular weight excluding hydrogens is 340 g/mol. The summed E-state index contributed by atoms with van der Waals surface area (Å²) < 4.78 is 13.4. The van der Waals surface area contributed by atoms with E-state index in [9.17, 15) is 4.79 Å². The third kappa shape index (κ3) is 3.09. The molecule has 0 saturated heterocycles. The molecule has 1 aromatic heterocycles. The van der Waals surface area contributed by atoms with Gasteiger partial charge in [-0.25, -0.2) is 0 Å². The van der Waals surface area contributed by atoms with Gasteiger partial charge in [0.15, 0.2) is 11.5 Å². The minimum absolute atomic E-state index is 0.0639. The van der Waals surface area contributed by atoms with Crippen LogP contribution in [0.1, 0.15) is 46.2 Å². The van der Waals surface area contributed by atoms with Crippen LogP contribution in [-0.2, 0) is 6.54 Å². The summed E-state index contributed by atoms with van der Waals surface area (Å²) in [6.45, 7) is 5.47. The number of hydrogen-bond acceptors (Lipinski definition) is 3. The van der Waals surface area contributed by atoms with Crippen molar-refractivity contribution in [3.05, 3.63) is 45.7 Å². The van der Waals surface area contributed by atoms with E-state index in [0.717, 1.165) is 22.5 Å². The van der Waals surface area contributed by atoms with Crippen molar-refractivity contribution in [1.29, 1.82) is 0 Å². The van der Waals surface area contributed by atoms with E-state index in [-0.39, 0.29) is 5.91 Å². The number of nitrogens with one attached hydrogen (secondary N) is 1. The van der Waals surface area contributed by atoms with Crippen LogP contribution in [0.3, 0.4) is 0 Å². The third-order valence-electron chi connectivity index (χ3n) is 4.75. The summed E-state index contributed by atoms with van der Waals surface area (Å²) in [6, 6.07) is 6.22. The van der Waals surface area contributed by atoms with Gasteiger partial charge in [0.05, 0.1) is 10.6 Å². The largest absolute Gasteiger partial charge is 0.486 e. The lowest BCUT2D eigenvalue weighted by Gasteiger charge is -2.20. The van der Waals surface area contributed by atoms with Gasteiger partial charge in [-0.1, -0.05) is 11.6 Å². The summed E-state index contributed by atoms with van der Waals surface area (Å²) in [5, 5.41) is 3.49. The molecule has 2 heterocycles. The summed E-state index contributed by atoms with van der Waals surface area (Å²) in [5.41, 5.74) is 3.82. The van der Waals surface area contributed by atoms with Crippen molar-refractivity contribution >= 4 is 17.5 Å². The Morgan fingerprint density at radius 1 is 1.24 bits per heavy atom. The van der Waals surface area contributed by atoms with E-state index < -0.39 is 0 Å². The SMILES string of the molecule is Cc1cc(C(=O)NCc2cc(Cl)c3c(c2)OCCO3)c(C)n1C1CC1. The molecule has 0 spiro atoms. The molecule has 1 amide bonds. The fraction of sp³-hybridized carbons (Fsp3) is 0.421. The van der Waals surface area contributed by atoms with Gasteiger partial charge in [0.25, 0.3) is 5.91 Å². The lowest BCUT2D eigenvalue weighted by Crippen LogP contribution is -2.23. The number of ether oxygens (including phenoxy) is 2. The Labute approximate surface area is 151 Å². The van der Waals surface area contributed by atoms with Crippen LogP contribution < -0.4 is 14.8 Å². The molecule has 2 aromatic rings. The first kappa shape index (κ1) is 16.3. The first-order valence-corrected chi connectivity index (χ1v) is 8.97. The van der Waals surface area contributed by atoms with Gasteiger partial charge in [0.1, 0.15) is 13.2 Å². The molecule has 0 radical (unpaired) electrons. The van der Waals surface area contributed by atoms with Crippen molar-refractivity contribution in [3.63, 3.8) is 0 Å². The van der Waals surface area contributed by atoms with Crippen LogP contribution in [0.15, 0.2) is 18.2 Å². The molecule has 1 aliphatic heterocycles. The first-order chi connectivity index (χ1) is 12.0. The number of benzene rings is 1. The Bertz CT molecular complexity index is 840. The Kier molecular flexibility index (Phi) is 4.12. The van der Waals surface area contributed by atoms with E-state index in [4.69, 9.17) is 21.1 Å². The molecule has 1 saturated carbocycles. The fourth-order valence-electron chi connectivity index (χ4n) is 3.45. The Morgan fingerprint density at radius 2 is 2.00 bits per heavy atom. The van der Waals surface area contributed by atoms with Crippen molar-refractivity contribution in [3.8, 4) is 11.5 Å². The maximum Gasteiger partial charge on any atom is 0.253 e. The maximum absolute atomic E-state index is 12.6. The maximum atomic E-state index is 12.6. The lowest BCUT2D eigenvalue weighted by atomic mass is 10.1. The zero-order valence-electron chi connectivity index (χ0n) is 14.4. The molecule has 1 N–H and O–H groups in total. The number of rotatable bonds is 4. The number of halogens is 1. The second-order valence-electron chi connectivity index (χ2n) is 6.67. The second-order valence-corrected chi connectivity index (χ2v) is 7.08. The van der Waals surface area contributed by atoms with Crippen molar-refractivity contribution in [2.75, 3.05) is 13.2 Å². The molecule has 0 atom stereocenters. The molecule has 5 nitrogen and oxygen atoms in total. The number of amides is 1. The van der Waals surface area contributed by atoms with Crippen molar-refractivity contribution in [2.24, 2.45) is 0 Å². The Morgan fingerprint density at radius 3 is 2.76 bits per heavy atom. The van der Waals surface area contributed by atoms with E-state index in [2.05, 4.69) is 16.8 Å². The van der Waals surface area contributed by atoms with Crippen LogP contribution >= 0.6 is 11.6 Å². The average molecular weight is 361 g/mol. The van der Waals surface area contributed by atoms with Gasteiger partial charge in [-0.15, -0.1) is 0 Å². The standard InChI is InChI=1S/C19H21ClN2O3/c1-11-7-15(12(2)22(11)14-3-4-14)19(23)21-10-13-8-16(20)18-17(9-13)24-5-6-25-18/h7-9,14H,3-6,10H2,1-2H3,(H,21,23). The monoisotopic (exact) mass is 360 g/mol. The normalized spacial score (nSPS) is 16.0. The predicted molar refractivity (Wildman–Crippen MR) is 95.8 cm³/mol. The van der Waals surface area contributed by atoms with E-state index in [0.29, 0.717) is 42.3 Å². The highest BCUT2D eigenvalue weighted by Crippen LogP contribution is 2.39. The van der Waals surface area contributed by atoms with Crippen molar-refractivity contribution in [1.82, 2.24) is 9.88 Å². The van der Waals surface area contributed by atoms with Crippen LogP contribution in [-0.4, -0.2) is 23.7 Å². The van der Waals surface area contributed by atoms with Gasteiger partial charge < -0.3 is 19.4 Å². The highest BCUT2D eigenvalue weighted by molar-refractivity contribution is 6.32. The topological polar surface area (TPSA) is 52.5 Å². The third-order valence-corrected chi connectivity index (χ3v) is 5.03. The molecule has 6 heteroatoms. The number of carbonyl (C=O) groups is 1. The molecule has 0 bridgehead atoms. The van der Waals surface area contributed by atoms with Gasteiger partial charge >= 0.3 is 0 Å². The van der Waals surface area contributed by atoms with Crippen LogP contribution in [0.2, 0.25) is 5.02 Å². The van der Waals surface area contributed by atoms with Gasteiger partial charge in [-0.3, -0.25) is 4.79 Å². The van der Waals surface area contributed by atoms with Crippen LogP contribution in [0.4, 0.5) is 0 Å². The number of carbonyl (C=O) groups excluding carboxylic acids is 1. The Hall–Kier alpha value is -2.14. The smallest absolute Gasteiger partial charge is 0.253 e. The Balaban J connectivity index is 1.49. The number of fused-ring (bicyclic) bond motifs is 1. The zero-order valence-corrected chi connectivity index (χ0v) is 15.2. The van der Waals surface area contributed by atoms with Gasteiger partial charge in [-0.05, 0) is 50.5 Å². The van der Waals surface area contributed by atoms with Crippen LogP contribution in [0.5, 0.6) is 11.5 Å². The minimum atomic E-state index is -0.0639. The molecular formula is C19H21ClN2O3. The molecule has 1 aromatic carbocycles. The van der Waals surface area contributed by atoms with E-state index >= 15 is 0 Å². The molecule has 25 heavy (non-hydrogen) atoms. The summed E-state index contributed by atoms with van der Waals surface area (Å²) in [7, 11) is 0. The number of aromatic nitrogens is 1. The quantitative estimate of drug-likeness (QED) is 0.902. The van der Waals surface area contributed by atoms with E-state index in [1.165, 1.54) is 12.8 Å². The molecule has 1 fully saturated rings. The highest BCUT2D eigenvalue weighted by Gasteiger charge is 2.28. The molecule has 2 aliphatic rings. The summed E-state index contributed by atoms with van der Waals surface area (Å²) in [6.07, 6.45) is 2.40. The number of hydrogen-bond donors (Lipinski definition) is 1.